The van der Waals surface area contributed by atoms with Gasteiger partial charge >= 0.3 is 5.97 Å². The third-order valence-corrected chi connectivity index (χ3v) is 4.48. The van der Waals surface area contributed by atoms with Gasteiger partial charge in [0.15, 0.2) is 6.04 Å². The molecule has 0 spiro atoms. The second-order valence-corrected chi connectivity index (χ2v) is 5.89. The van der Waals surface area contributed by atoms with Crippen molar-refractivity contribution < 1.29 is 14.6 Å². The summed E-state index contributed by atoms with van der Waals surface area (Å²) in [5.74, 6) is -0.491. The summed E-state index contributed by atoms with van der Waals surface area (Å²) in [5.41, 5.74) is 7.15. The van der Waals surface area contributed by atoms with Crippen LogP contribution in [0.25, 0.3) is 0 Å². The SMILES string of the molecule is N[C@@]1(c2ccccc2Cl)CCC[C@H]2OC(=O)C(CO)N=C21. The molecule has 1 aromatic carbocycles. The fourth-order valence-corrected chi connectivity index (χ4v) is 3.39. The van der Waals surface area contributed by atoms with Crippen molar-refractivity contribution in [3.8, 4) is 0 Å². The molecule has 2 aliphatic rings. The van der Waals surface area contributed by atoms with Crippen molar-refractivity contribution in [1.82, 2.24) is 0 Å². The number of fused-ring (bicyclic) bond motifs is 1. The minimum absolute atomic E-state index is 0.381. The second-order valence-electron chi connectivity index (χ2n) is 5.48. The Labute approximate surface area is 127 Å². The zero-order chi connectivity index (χ0) is 15.0. The molecule has 0 aromatic heterocycles. The van der Waals surface area contributed by atoms with Gasteiger partial charge in [-0.1, -0.05) is 29.8 Å². The number of esters is 1. The quantitative estimate of drug-likeness (QED) is 0.809. The number of rotatable bonds is 2. The van der Waals surface area contributed by atoms with Crippen molar-refractivity contribution in [2.75, 3.05) is 6.61 Å². The van der Waals surface area contributed by atoms with E-state index in [1.807, 2.05) is 18.2 Å². The summed E-state index contributed by atoms with van der Waals surface area (Å²) in [4.78, 5) is 16.1. The lowest BCUT2D eigenvalue weighted by Gasteiger charge is -2.42. The highest BCUT2D eigenvalue weighted by molar-refractivity contribution is 6.32. The highest BCUT2D eigenvalue weighted by Gasteiger charge is 2.47. The molecule has 0 bridgehead atoms. The third kappa shape index (κ3) is 2.35. The average Bonchev–Trinajstić information content (AvgIpc) is 2.47. The normalized spacial score (nSPS) is 32.1. The number of nitrogens with zero attached hydrogens (tertiary/aromatic N) is 1. The molecule has 6 heteroatoms. The van der Waals surface area contributed by atoms with Gasteiger partial charge in [-0.25, -0.2) is 4.79 Å². The molecule has 1 fully saturated rings. The van der Waals surface area contributed by atoms with Crippen LogP contribution in [-0.4, -0.2) is 35.5 Å². The van der Waals surface area contributed by atoms with E-state index in [4.69, 9.17) is 22.1 Å². The molecular weight excluding hydrogens is 292 g/mol. The van der Waals surface area contributed by atoms with Crippen LogP contribution < -0.4 is 5.73 Å². The summed E-state index contributed by atoms with van der Waals surface area (Å²) in [7, 11) is 0. The Morgan fingerprint density at radius 2 is 2.24 bits per heavy atom. The predicted octanol–water partition coefficient (Wildman–Crippen LogP) is 1.41. The number of aliphatic imine (C=N–C) groups is 1. The van der Waals surface area contributed by atoms with Gasteiger partial charge in [-0.05, 0) is 30.9 Å². The van der Waals surface area contributed by atoms with Crippen molar-refractivity contribution in [1.29, 1.82) is 0 Å². The van der Waals surface area contributed by atoms with E-state index in [2.05, 4.69) is 4.99 Å². The minimum Gasteiger partial charge on any atom is -0.454 e. The molecule has 0 radical (unpaired) electrons. The number of carbonyl (C=O) groups is 1. The van der Waals surface area contributed by atoms with Crippen LogP contribution in [0.2, 0.25) is 5.02 Å². The van der Waals surface area contributed by atoms with Crippen LogP contribution in [0.3, 0.4) is 0 Å². The first-order valence-corrected chi connectivity index (χ1v) is 7.37. The standard InChI is InChI=1S/C15H17ClN2O3/c16-10-5-2-1-4-9(10)15(17)7-3-6-12-13(15)18-11(8-19)14(20)21-12/h1-2,4-5,11-12,19H,3,6-8,17H2/t11?,12-,15-/m1/s1. The van der Waals surface area contributed by atoms with Gasteiger partial charge in [0.1, 0.15) is 6.10 Å². The summed E-state index contributed by atoms with van der Waals surface area (Å²) in [6.07, 6.45) is 1.78. The topological polar surface area (TPSA) is 84.9 Å². The Hall–Kier alpha value is -1.43. The van der Waals surface area contributed by atoms with Crippen molar-refractivity contribution >= 4 is 23.3 Å². The number of hydrogen-bond donors (Lipinski definition) is 2. The van der Waals surface area contributed by atoms with Crippen LogP contribution >= 0.6 is 11.6 Å². The third-order valence-electron chi connectivity index (χ3n) is 4.15. The minimum atomic E-state index is -0.889. The number of nitrogens with two attached hydrogens (primary N) is 1. The molecule has 1 saturated carbocycles. The van der Waals surface area contributed by atoms with Gasteiger partial charge in [-0.15, -0.1) is 0 Å². The lowest BCUT2D eigenvalue weighted by atomic mass is 9.73. The Balaban J connectivity index is 2.09. The van der Waals surface area contributed by atoms with E-state index >= 15 is 0 Å². The first-order chi connectivity index (χ1) is 10.1. The van der Waals surface area contributed by atoms with E-state index in [1.165, 1.54) is 0 Å². The number of aliphatic hydroxyl groups excluding tert-OH is 1. The molecular formula is C15H17ClN2O3. The van der Waals surface area contributed by atoms with Gasteiger partial charge in [0.05, 0.1) is 17.9 Å². The molecule has 1 aliphatic heterocycles. The monoisotopic (exact) mass is 308 g/mol. The fourth-order valence-electron chi connectivity index (χ4n) is 3.08. The van der Waals surface area contributed by atoms with Crippen LogP contribution in [-0.2, 0) is 15.1 Å². The average molecular weight is 309 g/mol. The molecule has 3 N–H and O–H groups in total. The molecule has 1 unspecified atom stereocenters. The summed E-state index contributed by atoms with van der Waals surface area (Å²) in [6, 6.07) is 6.48. The van der Waals surface area contributed by atoms with Gasteiger partial charge in [-0.2, -0.15) is 0 Å². The molecule has 0 saturated heterocycles. The zero-order valence-corrected chi connectivity index (χ0v) is 12.2. The molecule has 1 aromatic rings. The first-order valence-electron chi connectivity index (χ1n) is 6.99. The molecule has 21 heavy (non-hydrogen) atoms. The van der Waals surface area contributed by atoms with E-state index in [-0.39, 0.29) is 6.61 Å². The predicted molar refractivity (Wildman–Crippen MR) is 79.4 cm³/mol. The van der Waals surface area contributed by atoms with Crippen molar-refractivity contribution in [3.63, 3.8) is 0 Å². The molecule has 3 atom stereocenters. The summed E-state index contributed by atoms with van der Waals surface area (Å²) in [6.45, 7) is -0.381. The number of hydrogen-bond acceptors (Lipinski definition) is 5. The van der Waals surface area contributed by atoms with Crippen LogP contribution in [0, 0.1) is 0 Å². The maximum atomic E-state index is 11.7. The maximum Gasteiger partial charge on any atom is 0.333 e. The molecule has 3 rings (SSSR count). The van der Waals surface area contributed by atoms with Gasteiger partial charge in [-0.3, -0.25) is 4.99 Å². The molecule has 112 valence electrons. The lowest BCUT2D eigenvalue weighted by Crippen LogP contribution is -2.57. The number of aliphatic hydroxyl groups is 1. The number of ether oxygens (including phenoxy) is 1. The van der Waals surface area contributed by atoms with E-state index in [0.29, 0.717) is 23.6 Å². The lowest BCUT2D eigenvalue weighted by molar-refractivity contribution is -0.150. The number of halogens is 1. The smallest absolute Gasteiger partial charge is 0.333 e. The van der Waals surface area contributed by atoms with E-state index in [9.17, 15) is 9.90 Å². The van der Waals surface area contributed by atoms with Crippen LogP contribution in [0.4, 0.5) is 0 Å². The Bertz CT molecular complexity index is 604. The van der Waals surface area contributed by atoms with Crippen molar-refractivity contribution in [2.45, 2.75) is 36.9 Å². The Morgan fingerprint density at radius 3 is 2.95 bits per heavy atom. The fraction of sp³-hybridized carbons (Fsp3) is 0.467. The van der Waals surface area contributed by atoms with Crippen molar-refractivity contribution in [3.05, 3.63) is 34.9 Å². The highest BCUT2D eigenvalue weighted by Crippen LogP contribution is 2.39. The van der Waals surface area contributed by atoms with E-state index < -0.39 is 23.7 Å². The van der Waals surface area contributed by atoms with Crippen molar-refractivity contribution in [2.24, 2.45) is 10.7 Å². The van der Waals surface area contributed by atoms with Crippen LogP contribution in [0.5, 0.6) is 0 Å². The molecule has 0 amide bonds. The summed E-state index contributed by atoms with van der Waals surface area (Å²) in [5, 5.41) is 9.84. The summed E-state index contributed by atoms with van der Waals surface area (Å²) >= 11 is 6.29. The Kier molecular flexibility index (Phi) is 3.73. The van der Waals surface area contributed by atoms with Gasteiger partial charge in [0.25, 0.3) is 0 Å². The molecule has 5 nitrogen and oxygen atoms in total. The van der Waals surface area contributed by atoms with E-state index in [0.717, 1.165) is 12.0 Å². The number of benzene rings is 1. The summed E-state index contributed by atoms with van der Waals surface area (Å²) < 4.78 is 5.40. The number of carbonyl (C=O) groups excluding carboxylic acids is 1. The van der Waals surface area contributed by atoms with Crippen LogP contribution in [0.15, 0.2) is 29.3 Å². The van der Waals surface area contributed by atoms with E-state index in [1.54, 1.807) is 6.07 Å². The molecule has 1 heterocycles. The maximum absolute atomic E-state index is 11.7. The highest BCUT2D eigenvalue weighted by atomic mass is 35.5. The zero-order valence-electron chi connectivity index (χ0n) is 11.5. The van der Waals surface area contributed by atoms with Gasteiger partial charge < -0.3 is 15.6 Å². The van der Waals surface area contributed by atoms with Gasteiger partial charge in [0, 0.05) is 5.02 Å². The second kappa shape index (κ2) is 5.40. The van der Waals surface area contributed by atoms with Gasteiger partial charge in [0.2, 0.25) is 0 Å². The first kappa shape index (κ1) is 14.5. The molecule has 1 aliphatic carbocycles. The largest absolute Gasteiger partial charge is 0.454 e. The van der Waals surface area contributed by atoms with Crippen LogP contribution in [0.1, 0.15) is 24.8 Å². The Morgan fingerprint density at radius 1 is 1.48 bits per heavy atom.